The number of hydrogen-bond donors (Lipinski definition) is 1. The molecule has 3 aromatic rings. The number of ether oxygens (including phenoxy) is 2. The minimum Gasteiger partial charge on any atom is -0.493 e. The molecule has 1 N–H and O–H groups in total. The maximum atomic E-state index is 14.0. The number of nitrogens with zero attached hydrogens (tertiary/aromatic N) is 1. The molecule has 0 fully saturated rings. The van der Waals surface area contributed by atoms with Gasteiger partial charge >= 0.3 is 0 Å². The van der Waals surface area contributed by atoms with E-state index in [-0.39, 0.29) is 17.9 Å². The van der Waals surface area contributed by atoms with Crippen LogP contribution in [0.4, 0.5) is 4.39 Å². The van der Waals surface area contributed by atoms with Crippen LogP contribution in [0.15, 0.2) is 47.0 Å². The van der Waals surface area contributed by atoms with Crippen LogP contribution in [0.5, 0.6) is 11.5 Å². The number of methoxy groups -OCH3 is 2. The number of hydrogen-bond acceptors (Lipinski definition) is 5. The summed E-state index contributed by atoms with van der Waals surface area (Å²) >= 11 is 0. The van der Waals surface area contributed by atoms with Crippen molar-refractivity contribution in [3.63, 3.8) is 0 Å². The zero-order valence-electron chi connectivity index (χ0n) is 13.2. The predicted molar refractivity (Wildman–Crippen MR) is 86.4 cm³/mol. The monoisotopic (exact) mass is 329 g/mol. The van der Waals surface area contributed by atoms with E-state index < -0.39 is 5.82 Å². The van der Waals surface area contributed by atoms with Gasteiger partial charge < -0.3 is 19.1 Å². The van der Waals surface area contributed by atoms with E-state index in [1.165, 1.54) is 13.2 Å². The van der Waals surface area contributed by atoms with Crippen molar-refractivity contribution in [3.8, 4) is 34.1 Å². The molecular weight excluding hydrogens is 313 g/mol. The Bertz CT molecular complexity index is 860. The summed E-state index contributed by atoms with van der Waals surface area (Å²) in [6.07, 6.45) is 0. The zero-order valence-corrected chi connectivity index (χ0v) is 13.2. The second kappa shape index (κ2) is 6.72. The molecule has 2 aromatic carbocycles. The third-order valence-electron chi connectivity index (χ3n) is 3.72. The maximum absolute atomic E-state index is 14.0. The van der Waals surface area contributed by atoms with Gasteiger partial charge in [0.2, 0.25) is 0 Å². The molecule has 0 atom stereocenters. The number of aliphatic hydroxyl groups is 1. The van der Waals surface area contributed by atoms with E-state index >= 15 is 0 Å². The molecule has 3 rings (SSSR count). The van der Waals surface area contributed by atoms with Crippen molar-refractivity contribution in [2.24, 2.45) is 0 Å². The fraction of sp³-hybridized carbons (Fsp3) is 0.167. The highest BCUT2D eigenvalue weighted by Crippen LogP contribution is 2.37. The summed E-state index contributed by atoms with van der Waals surface area (Å²) < 4.78 is 29.8. The summed E-state index contributed by atoms with van der Waals surface area (Å²) in [7, 11) is 3.07. The molecule has 0 spiro atoms. The van der Waals surface area contributed by atoms with Crippen molar-refractivity contribution < 1.29 is 23.5 Å². The fourth-order valence-electron chi connectivity index (χ4n) is 2.52. The van der Waals surface area contributed by atoms with Gasteiger partial charge in [-0.15, -0.1) is 0 Å². The van der Waals surface area contributed by atoms with Crippen molar-refractivity contribution in [1.82, 2.24) is 5.16 Å². The Balaban J connectivity index is 2.12. The third-order valence-corrected chi connectivity index (χ3v) is 3.72. The van der Waals surface area contributed by atoms with E-state index in [0.29, 0.717) is 28.3 Å². The van der Waals surface area contributed by atoms with Gasteiger partial charge in [-0.25, -0.2) is 4.39 Å². The first-order chi connectivity index (χ1) is 11.7. The first-order valence-corrected chi connectivity index (χ1v) is 7.26. The van der Waals surface area contributed by atoms with Crippen LogP contribution in [0.1, 0.15) is 5.56 Å². The Labute approximate surface area is 138 Å². The highest BCUT2D eigenvalue weighted by Gasteiger charge is 2.21. The molecule has 0 saturated carbocycles. The predicted octanol–water partition coefficient (Wildman–Crippen LogP) is 3.66. The second-order valence-electron chi connectivity index (χ2n) is 5.05. The molecule has 124 valence electrons. The van der Waals surface area contributed by atoms with Crippen LogP contribution in [0.3, 0.4) is 0 Å². The third kappa shape index (κ3) is 2.72. The van der Waals surface area contributed by atoms with Crippen LogP contribution >= 0.6 is 0 Å². The Hall–Kier alpha value is -2.86. The van der Waals surface area contributed by atoms with Gasteiger partial charge in [0.15, 0.2) is 17.3 Å². The Kier molecular flexibility index (Phi) is 4.48. The fourth-order valence-corrected chi connectivity index (χ4v) is 2.52. The van der Waals surface area contributed by atoms with Gasteiger partial charge in [0, 0.05) is 5.56 Å². The van der Waals surface area contributed by atoms with Crippen molar-refractivity contribution in [3.05, 3.63) is 53.8 Å². The highest BCUT2D eigenvalue weighted by molar-refractivity contribution is 5.74. The van der Waals surface area contributed by atoms with Gasteiger partial charge in [-0.1, -0.05) is 17.3 Å². The topological polar surface area (TPSA) is 64.7 Å². The minimum atomic E-state index is -0.442. The lowest BCUT2D eigenvalue weighted by atomic mass is 10.0. The molecule has 1 aromatic heterocycles. The molecule has 6 heteroatoms. The quantitative estimate of drug-likeness (QED) is 0.774. The molecule has 0 unspecified atom stereocenters. The van der Waals surface area contributed by atoms with Gasteiger partial charge in [0.05, 0.1) is 32.0 Å². The van der Waals surface area contributed by atoms with Crippen molar-refractivity contribution in [1.29, 1.82) is 0 Å². The van der Waals surface area contributed by atoms with Gasteiger partial charge in [0.25, 0.3) is 0 Å². The molecule has 0 bridgehead atoms. The number of halogens is 1. The number of aliphatic hydroxyl groups excluding tert-OH is 1. The molecule has 24 heavy (non-hydrogen) atoms. The van der Waals surface area contributed by atoms with E-state index in [2.05, 4.69) is 5.16 Å². The van der Waals surface area contributed by atoms with Gasteiger partial charge in [-0.3, -0.25) is 0 Å². The van der Waals surface area contributed by atoms with Crippen molar-refractivity contribution in [2.75, 3.05) is 14.2 Å². The molecule has 0 saturated heterocycles. The van der Waals surface area contributed by atoms with E-state index in [4.69, 9.17) is 14.0 Å². The standard InChI is InChI=1S/C18H16FNO4/c1-22-15-8-7-11(9-16(15)23-2)17-13(10-21)18(24-20-17)12-5-3-4-6-14(12)19/h3-9,21H,10H2,1-2H3. The van der Waals surface area contributed by atoms with Gasteiger partial charge in [0.1, 0.15) is 11.5 Å². The average Bonchev–Trinajstić information content (AvgIpc) is 3.05. The Morgan fingerprint density at radius 2 is 1.83 bits per heavy atom. The largest absolute Gasteiger partial charge is 0.493 e. The second-order valence-corrected chi connectivity index (χ2v) is 5.05. The van der Waals surface area contributed by atoms with Crippen molar-refractivity contribution >= 4 is 0 Å². The smallest absolute Gasteiger partial charge is 0.175 e. The number of benzene rings is 2. The molecule has 1 heterocycles. The van der Waals surface area contributed by atoms with E-state index in [1.54, 1.807) is 43.5 Å². The molecule has 0 amide bonds. The van der Waals surface area contributed by atoms with Gasteiger partial charge in [-0.2, -0.15) is 0 Å². The van der Waals surface area contributed by atoms with Crippen LogP contribution in [-0.4, -0.2) is 24.5 Å². The lowest BCUT2D eigenvalue weighted by Crippen LogP contribution is -1.93. The number of aromatic nitrogens is 1. The van der Waals surface area contributed by atoms with Crippen LogP contribution in [0.2, 0.25) is 0 Å². The molecule has 0 aliphatic rings. The van der Waals surface area contributed by atoms with E-state index in [1.807, 2.05) is 0 Å². The van der Waals surface area contributed by atoms with Crippen LogP contribution in [0.25, 0.3) is 22.6 Å². The average molecular weight is 329 g/mol. The molecular formula is C18H16FNO4. The van der Waals surface area contributed by atoms with Gasteiger partial charge in [-0.05, 0) is 30.3 Å². The number of rotatable bonds is 5. The summed E-state index contributed by atoms with van der Waals surface area (Å²) in [4.78, 5) is 0. The van der Waals surface area contributed by atoms with Crippen LogP contribution in [-0.2, 0) is 6.61 Å². The van der Waals surface area contributed by atoms with Crippen molar-refractivity contribution in [2.45, 2.75) is 6.61 Å². The summed E-state index contributed by atoms with van der Waals surface area (Å²) in [5.74, 6) is 0.863. The normalized spacial score (nSPS) is 10.7. The molecule has 0 aliphatic carbocycles. The molecule has 0 aliphatic heterocycles. The first kappa shape index (κ1) is 16.0. The summed E-state index contributed by atoms with van der Waals surface area (Å²) in [5, 5.41) is 13.8. The van der Waals surface area contributed by atoms with Crippen LogP contribution < -0.4 is 9.47 Å². The first-order valence-electron chi connectivity index (χ1n) is 7.26. The summed E-state index contributed by atoms with van der Waals surface area (Å²) in [5.41, 5.74) is 1.76. The Morgan fingerprint density at radius 3 is 2.50 bits per heavy atom. The molecule has 5 nitrogen and oxygen atoms in total. The highest BCUT2D eigenvalue weighted by atomic mass is 19.1. The summed E-state index contributed by atoms with van der Waals surface area (Å²) in [6.45, 7) is -0.336. The van der Waals surface area contributed by atoms with E-state index in [9.17, 15) is 9.50 Å². The Morgan fingerprint density at radius 1 is 1.08 bits per heavy atom. The lowest BCUT2D eigenvalue weighted by Gasteiger charge is -2.09. The zero-order chi connectivity index (χ0) is 17.1. The summed E-state index contributed by atoms with van der Waals surface area (Å²) in [6, 6.07) is 11.4. The lowest BCUT2D eigenvalue weighted by molar-refractivity contribution is 0.281. The van der Waals surface area contributed by atoms with Crippen LogP contribution in [0, 0.1) is 5.82 Å². The minimum absolute atomic E-state index is 0.209. The van der Waals surface area contributed by atoms with E-state index in [0.717, 1.165) is 0 Å². The SMILES string of the molecule is COc1ccc(-c2noc(-c3ccccc3F)c2CO)cc1OC. The maximum Gasteiger partial charge on any atom is 0.175 e. The molecule has 0 radical (unpaired) electrons.